The summed E-state index contributed by atoms with van der Waals surface area (Å²) in [7, 11) is -1.43. The van der Waals surface area contributed by atoms with Crippen LogP contribution in [0.2, 0.25) is 0 Å². The third-order valence-corrected chi connectivity index (χ3v) is 4.76. The van der Waals surface area contributed by atoms with Crippen molar-refractivity contribution in [3.8, 4) is 11.5 Å². The first-order valence-corrected chi connectivity index (χ1v) is 8.41. The Morgan fingerprint density at radius 2 is 2.00 bits per heavy atom. The van der Waals surface area contributed by atoms with E-state index in [1.165, 1.54) is 7.11 Å². The van der Waals surface area contributed by atoms with Crippen molar-refractivity contribution in [2.75, 3.05) is 25.2 Å². The maximum atomic E-state index is 11.3. The van der Waals surface area contributed by atoms with Gasteiger partial charge in [0.1, 0.15) is 9.84 Å². The Balaban J connectivity index is 2.60. The van der Waals surface area contributed by atoms with Crippen LogP contribution in [-0.4, -0.2) is 38.7 Å². The highest BCUT2D eigenvalue weighted by molar-refractivity contribution is 7.91. The van der Waals surface area contributed by atoms with E-state index in [0.717, 1.165) is 5.56 Å². The van der Waals surface area contributed by atoms with Gasteiger partial charge in [0.2, 0.25) is 0 Å². The second kappa shape index (κ2) is 7.50. The van der Waals surface area contributed by atoms with Crippen molar-refractivity contribution >= 4 is 9.84 Å². The van der Waals surface area contributed by atoms with Crippen molar-refractivity contribution in [2.45, 2.75) is 26.4 Å². The molecule has 0 saturated heterocycles. The van der Waals surface area contributed by atoms with Crippen molar-refractivity contribution < 1.29 is 23.0 Å². The quantitative estimate of drug-likeness (QED) is 0.743. The van der Waals surface area contributed by atoms with Gasteiger partial charge in [-0.1, -0.05) is 13.0 Å². The fourth-order valence-electron chi connectivity index (χ4n) is 1.67. The zero-order valence-electron chi connectivity index (χ0n) is 12.1. The van der Waals surface area contributed by atoms with Crippen LogP contribution >= 0.6 is 0 Å². The lowest BCUT2D eigenvalue weighted by Crippen LogP contribution is -2.12. The molecule has 0 fully saturated rings. The predicted molar refractivity (Wildman–Crippen MR) is 78.1 cm³/mol. The molecule has 0 heterocycles. The van der Waals surface area contributed by atoms with E-state index >= 15 is 0 Å². The number of aliphatic hydroxyl groups excluding tert-OH is 1. The fraction of sp³-hybridized carbons (Fsp3) is 0.571. The Kier molecular flexibility index (Phi) is 6.29. The maximum absolute atomic E-state index is 11.3. The highest BCUT2D eigenvalue weighted by atomic mass is 32.2. The number of rotatable bonds is 8. The number of aliphatic hydroxyl groups is 1. The molecule has 1 rings (SSSR count). The normalized spacial score (nSPS) is 13.0. The molecule has 1 N–H and O–H groups in total. The van der Waals surface area contributed by atoms with Crippen LogP contribution in [0.5, 0.6) is 11.5 Å². The summed E-state index contributed by atoms with van der Waals surface area (Å²) >= 11 is 0. The van der Waals surface area contributed by atoms with Crippen LogP contribution < -0.4 is 9.47 Å². The summed E-state index contributed by atoms with van der Waals surface area (Å²) in [6.45, 7) is 3.61. The van der Waals surface area contributed by atoms with E-state index in [1.54, 1.807) is 32.0 Å². The summed E-state index contributed by atoms with van der Waals surface area (Å²) in [5.74, 6) is 1.35. The Morgan fingerprint density at radius 1 is 1.30 bits per heavy atom. The molecule has 114 valence electrons. The molecule has 0 aromatic heterocycles. The Bertz CT molecular complexity index is 522. The topological polar surface area (TPSA) is 72.8 Å². The Labute approximate surface area is 120 Å². The molecule has 0 unspecified atom stereocenters. The zero-order valence-corrected chi connectivity index (χ0v) is 12.9. The molecule has 1 atom stereocenters. The lowest BCUT2D eigenvalue weighted by Gasteiger charge is -2.13. The van der Waals surface area contributed by atoms with Crippen molar-refractivity contribution in [3.63, 3.8) is 0 Å². The summed E-state index contributed by atoms with van der Waals surface area (Å²) < 4.78 is 33.4. The number of methoxy groups -OCH3 is 1. The maximum Gasteiger partial charge on any atom is 0.161 e. The summed E-state index contributed by atoms with van der Waals surface area (Å²) in [5.41, 5.74) is 0.739. The standard InChI is InChI=1S/C14H22O5S/c1-4-20(16,17)9-5-8-19-13-7-6-12(11(2)15)10-14(13)18-3/h6-7,10-11,15H,4-5,8-9H2,1-3H3/t11-/m1/s1. The van der Waals surface area contributed by atoms with E-state index in [9.17, 15) is 13.5 Å². The lowest BCUT2D eigenvalue weighted by molar-refractivity contribution is 0.198. The van der Waals surface area contributed by atoms with Gasteiger partial charge in [-0.3, -0.25) is 0 Å². The van der Waals surface area contributed by atoms with E-state index in [2.05, 4.69) is 0 Å². The third-order valence-electron chi connectivity index (χ3n) is 2.97. The molecule has 1 aromatic carbocycles. The number of hydrogen-bond acceptors (Lipinski definition) is 5. The molecule has 1 aromatic rings. The van der Waals surface area contributed by atoms with Gasteiger partial charge in [0.15, 0.2) is 11.5 Å². The van der Waals surface area contributed by atoms with E-state index in [1.807, 2.05) is 0 Å². The smallest absolute Gasteiger partial charge is 0.161 e. The molecule has 0 radical (unpaired) electrons. The van der Waals surface area contributed by atoms with Gasteiger partial charge in [-0.2, -0.15) is 0 Å². The Morgan fingerprint density at radius 3 is 2.55 bits per heavy atom. The Hall–Kier alpha value is -1.27. The first-order chi connectivity index (χ1) is 9.39. The largest absolute Gasteiger partial charge is 0.493 e. The minimum atomic E-state index is -2.95. The molecule has 0 amide bonds. The van der Waals surface area contributed by atoms with E-state index in [4.69, 9.17) is 9.47 Å². The number of ether oxygens (including phenoxy) is 2. The van der Waals surface area contributed by atoms with Gasteiger partial charge < -0.3 is 14.6 Å². The second-order valence-electron chi connectivity index (χ2n) is 4.52. The zero-order chi connectivity index (χ0) is 15.2. The van der Waals surface area contributed by atoms with E-state index in [0.29, 0.717) is 24.5 Å². The van der Waals surface area contributed by atoms with Crippen molar-refractivity contribution in [2.24, 2.45) is 0 Å². The van der Waals surface area contributed by atoms with Gasteiger partial charge >= 0.3 is 0 Å². The van der Waals surface area contributed by atoms with Gasteiger partial charge in [0, 0.05) is 5.75 Å². The van der Waals surface area contributed by atoms with Crippen LogP contribution in [0.1, 0.15) is 31.9 Å². The van der Waals surface area contributed by atoms with Crippen LogP contribution in [0.3, 0.4) is 0 Å². The van der Waals surface area contributed by atoms with Gasteiger partial charge in [-0.05, 0) is 31.0 Å². The predicted octanol–water partition coefficient (Wildman–Crippen LogP) is 1.95. The highest BCUT2D eigenvalue weighted by Gasteiger charge is 2.10. The average molecular weight is 302 g/mol. The minimum Gasteiger partial charge on any atom is -0.493 e. The first-order valence-electron chi connectivity index (χ1n) is 6.59. The molecule has 6 heteroatoms. The van der Waals surface area contributed by atoms with Crippen LogP contribution in [0.4, 0.5) is 0 Å². The van der Waals surface area contributed by atoms with Gasteiger partial charge in [-0.25, -0.2) is 8.42 Å². The van der Waals surface area contributed by atoms with E-state index in [-0.39, 0.29) is 11.5 Å². The molecular formula is C14H22O5S. The second-order valence-corrected chi connectivity index (χ2v) is 7.00. The van der Waals surface area contributed by atoms with Crippen LogP contribution in [0.25, 0.3) is 0 Å². The average Bonchev–Trinajstić information content (AvgIpc) is 2.43. The number of sulfone groups is 1. The molecule has 0 aliphatic carbocycles. The molecule has 5 nitrogen and oxygen atoms in total. The van der Waals surface area contributed by atoms with Crippen molar-refractivity contribution in [3.05, 3.63) is 23.8 Å². The SMILES string of the molecule is CCS(=O)(=O)CCCOc1ccc([C@@H](C)O)cc1OC. The fourth-order valence-corrected chi connectivity index (χ4v) is 2.51. The summed E-state index contributed by atoms with van der Waals surface area (Å²) in [6.07, 6.45) is -0.134. The third kappa shape index (κ3) is 5.02. The molecular weight excluding hydrogens is 280 g/mol. The summed E-state index contributed by atoms with van der Waals surface area (Å²) in [6, 6.07) is 5.18. The molecule has 0 bridgehead atoms. The number of benzene rings is 1. The van der Waals surface area contributed by atoms with Crippen LogP contribution in [-0.2, 0) is 9.84 Å². The van der Waals surface area contributed by atoms with Gasteiger partial charge in [0.05, 0.1) is 25.6 Å². The molecule has 0 saturated carbocycles. The van der Waals surface area contributed by atoms with Crippen LogP contribution in [0.15, 0.2) is 18.2 Å². The summed E-state index contributed by atoms with van der Waals surface area (Å²) in [5, 5.41) is 9.50. The lowest BCUT2D eigenvalue weighted by atomic mass is 10.1. The van der Waals surface area contributed by atoms with Crippen molar-refractivity contribution in [1.82, 2.24) is 0 Å². The minimum absolute atomic E-state index is 0.123. The van der Waals surface area contributed by atoms with Gasteiger partial charge in [0.25, 0.3) is 0 Å². The molecule has 0 spiro atoms. The molecule has 0 aliphatic rings. The molecule has 20 heavy (non-hydrogen) atoms. The van der Waals surface area contributed by atoms with Gasteiger partial charge in [-0.15, -0.1) is 0 Å². The van der Waals surface area contributed by atoms with E-state index < -0.39 is 15.9 Å². The highest BCUT2D eigenvalue weighted by Crippen LogP contribution is 2.30. The molecule has 0 aliphatic heterocycles. The monoisotopic (exact) mass is 302 g/mol. The summed E-state index contributed by atoms with van der Waals surface area (Å²) in [4.78, 5) is 0. The first kappa shape index (κ1) is 16.8. The van der Waals surface area contributed by atoms with Crippen LogP contribution in [0, 0.1) is 0 Å². The number of hydrogen-bond donors (Lipinski definition) is 1. The van der Waals surface area contributed by atoms with Crippen molar-refractivity contribution in [1.29, 1.82) is 0 Å².